The van der Waals surface area contributed by atoms with E-state index in [-0.39, 0.29) is 43.4 Å². The maximum Gasteiger partial charge on any atom is 2.00 e. The van der Waals surface area contributed by atoms with Crippen molar-refractivity contribution in [2.75, 3.05) is 28.2 Å². The van der Waals surface area contributed by atoms with E-state index < -0.39 is 0 Å². The van der Waals surface area contributed by atoms with Crippen molar-refractivity contribution in [3.05, 3.63) is 36.4 Å². The zero-order valence-corrected chi connectivity index (χ0v) is 19.2. The fourth-order valence-electron chi connectivity index (χ4n) is 2.12. The van der Waals surface area contributed by atoms with Crippen LogP contribution in [0, 0.1) is 0 Å². The standard InChI is InChI=1S/2C8H14N4O.Zn/c2*1-9-6(8(13)10-2)5-7-11-3-4-12-7;/h2*3-4,6,9H,5H2,1-2H3,(H2,10,11,12,13);/q;;+2/p-2/t2*6-;/m00./s1. The summed E-state index contributed by atoms with van der Waals surface area (Å²) in [5, 5.41) is 10.9. The van der Waals surface area contributed by atoms with Gasteiger partial charge < -0.3 is 41.2 Å². The fourth-order valence-corrected chi connectivity index (χ4v) is 2.12. The first kappa shape index (κ1) is 24.9. The molecule has 11 heteroatoms. The fraction of sp³-hybridized carbons (Fsp3) is 0.500. The van der Waals surface area contributed by atoms with Crippen LogP contribution in [0.2, 0.25) is 0 Å². The molecule has 0 radical (unpaired) electrons. The van der Waals surface area contributed by atoms with Gasteiger partial charge in [-0.2, -0.15) is 0 Å². The number of amides is 2. The van der Waals surface area contributed by atoms with Crippen molar-refractivity contribution < 1.29 is 29.1 Å². The van der Waals surface area contributed by atoms with Crippen LogP contribution in [0.3, 0.4) is 0 Å². The summed E-state index contributed by atoms with van der Waals surface area (Å²) >= 11 is 0. The molecule has 2 aromatic heterocycles. The number of hydrogen-bond acceptors (Lipinski definition) is 6. The van der Waals surface area contributed by atoms with Gasteiger partial charge in [-0.05, 0) is 26.9 Å². The summed E-state index contributed by atoms with van der Waals surface area (Å²) in [5.41, 5.74) is 0. The molecule has 2 heterocycles. The monoisotopic (exact) mass is 426 g/mol. The van der Waals surface area contributed by atoms with Crippen LogP contribution >= 0.6 is 0 Å². The Hall–Kier alpha value is -2.10. The quantitative estimate of drug-likeness (QED) is 0.349. The molecular weight excluding hydrogens is 402 g/mol. The number of carbonyl (C=O) groups is 2. The van der Waals surface area contributed by atoms with Gasteiger partial charge in [-0.3, -0.25) is 9.59 Å². The first-order valence-corrected chi connectivity index (χ1v) is 8.18. The molecule has 0 aliphatic carbocycles. The maximum absolute atomic E-state index is 11.2. The Bertz CT molecular complexity index is 577. The molecule has 0 unspecified atom stereocenters. The van der Waals surface area contributed by atoms with Gasteiger partial charge in [0.25, 0.3) is 0 Å². The van der Waals surface area contributed by atoms with E-state index in [0.717, 1.165) is 0 Å². The van der Waals surface area contributed by atoms with Gasteiger partial charge in [-0.25, -0.2) is 0 Å². The predicted octanol–water partition coefficient (Wildman–Crippen LogP) is -2.17. The topological polar surface area (TPSA) is 136 Å². The number of likely N-dealkylation sites (N-methyl/N-ethyl adjacent to an activating group) is 4. The van der Waals surface area contributed by atoms with Gasteiger partial charge in [-0.1, -0.05) is 36.4 Å². The SMILES string of the molecule is CNC(=O)[C@H](Cc1ncc[n-]1)NC.CNC(=O)[C@H](Cc1ncc[n-]1)NC.[Zn+2]. The molecule has 0 saturated carbocycles. The van der Waals surface area contributed by atoms with Crippen LogP contribution in [-0.4, -0.2) is 62.1 Å². The van der Waals surface area contributed by atoms with Crippen molar-refractivity contribution in [3.63, 3.8) is 0 Å². The average molecular weight is 428 g/mol. The Kier molecular flexibility index (Phi) is 12.9. The van der Waals surface area contributed by atoms with Crippen molar-refractivity contribution >= 4 is 11.8 Å². The van der Waals surface area contributed by atoms with Crippen molar-refractivity contribution in [2.45, 2.75) is 24.9 Å². The minimum absolute atomic E-state index is 0. The summed E-state index contributed by atoms with van der Waals surface area (Å²) in [5.74, 6) is 1.27. The molecule has 0 saturated heterocycles. The summed E-state index contributed by atoms with van der Waals surface area (Å²) in [4.78, 5) is 38.4. The summed E-state index contributed by atoms with van der Waals surface area (Å²) in [6.07, 6.45) is 7.50. The van der Waals surface area contributed by atoms with E-state index >= 15 is 0 Å². The molecule has 0 aliphatic rings. The Morgan fingerprint density at radius 1 is 0.852 bits per heavy atom. The first-order chi connectivity index (χ1) is 12.5. The Labute approximate surface area is 171 Å². The second kappa shape index (κ2) is 14.0. The zero-order chi connectivity index (χ0) is 19.4. The largest absolute Gasteiger partial charge is 2.00 e. The molecule has 10 nitrogen and oxygen atoms in total. The number of carbonyl (C=O) groups excluding carboxylic acids is 2. The van der Waals surface area contributed by atoms with Gasteiger partial charge in [0.2, 0.25) is 11.8 Å². The molecular formula is C16H26N8O2Zn. The van der Waals surface area contributed by atoms with E-state index in [1.165, 1.54) is 0 Å². The van der Waals surface area contributed by atoms with Gasteiger partial charge in [0.1, 0.15) is 0 Å². The van der Waals surface area contributed by atoms with E-state index in [1.54, 1.807) is 53.0 Å². The maximum atomic E-state index is 11.2. The molecule has 0 aliphatic heterocycles. The minimum Gasteiger partial charge on any atom is -0.446 e. The molecule has 0 fully saturated rings. The predicted molar refractivity (Wildman–Crippen MR) is 96.4 cm³/mol. The number of rotatable bonds is 8. The summed E-state index contributed by atoms with van der Waals surface area (Å²) in [6.45, 7) is 0. The van der Waals surface area contributed by atoms with Crippen LogP contribution in [0.1, 0.15) is 11.6 Å². The third-order valence-corrected chi connectivity index (χ3v) is 3.62. The number of imidazole rings is 2. The van der Waals surface area contributed by atoms with E-state index in [9.17, 15) is 9.59 Å². The van der Waals surface area contributed by atoms with Gasteiger partial charge in [-0.15, -0.1) is 0 Å². The van der Waals surface area contributed by atoms with Crippen LogP contribution in [-0.2, 0) is 41.9 Å². The third kappa shape index (κ3) is 8.90. The van der Waals surface area contributed by atoms with Gasteiger partial charge in [0.05, 0.1) is 12.1 Å². The van der Waals surface area contributed by atoms with E-state index in [0.29, 0.717) is 24.5 Å². The molecule has 144 valence electrons. The minimum atomic E-state index is -0.257. The molecule has 27 heavy (non-hydrogen) atoms. The molecule has 0 bridgehead atoms. The van der Waals surface area contributed by atoms with Crippen LogP contribution in [0.5, 0.6) is 0 Å². The Balaban J connectivity index is 0.000000483. The summed E-state index contributed by atoms with van der Waals surface area (Å²) in [7, 11) is 6.70. The van der Waals surface area contributed by atoms with Crippen LogP contribution in [0.25, 0.3) is 0 Å². The molecule has 2 aromatic rings. The van der Waals surface area contributed by atoms with Gasteiger partial charge in [0.15, 0.2) is 0 Å². The van der Waals surface area contributed by atoms with Crippen LogP contribution < -0.4 is 31.2 Å². The molecule has 2 rings (SSSR count). The van der Waals surface area contributed by atoms with Gasteiger partial charge in [0, 0.05) is 14.1 Å². The van der Waals surface area contributed by atoms with E-state index in [4.69, 9.17) is 0 Å². The van der Waals surface area contributed by atoms with Crippen molar-refractivity contribution in [1.82, 2.24) is 41.2 Å². The van der Waals surface area contributed by atoms with Crippen molar-refractivity contribution in [1.29, 1.82) is 0 Å². The average Bonchev–Trinajstić information content (AvgIpc) is 3.37. The number of aromatic nitrogens is 4. The Morgan fingerprint density at radius 3 is 1.44 bits per heavy atom. The third-order valence-electron chi connectivity index (χ3n) is 3.62. The molecule has 2 amide bonds. The van der Waals surface area contributed by atoms with Crippen LogP contribution in [0.15, 0.2) is 24.8 Å². The van der Waals surface area contributed by atoms with Crippen molar-refractivity contribution in [3.8, 4) is 0 Å². The molecule has 4 N–H and O–H groups in total. The number of nitrogens with zero attached hydrogens (tertiary/aromatic N) is 4. The first-order valence-electron chi connectivity index (χ1n) is 8.18. The number of nitrogens with one attached hydrogen (secondary N) is 4. The molecule has 2 atom stereocenters. The molecule has 0 spiro atoms. The van der Waals surface area contributed by atoms with E-state index in [2.05, 4.69) is 41.2 Å². The summed E-state index contributed by atoms with van der Waals surface area (Å²) in [6, 6.07) is -0.514. The van der Waals surface area contributed by atoms with E-state index in [1.807, 2.05) is 0 Å². The zero-order valence-electron chi connectivity index (χ0n) is 16.2. The number of hydrogen-bond donors (Lipinski definition) is 4. The summed E-state index contributed by atoms with van der Waals surface area (Å²) < 4.78 is 0. The normalized spacial score (nSPS) is 12.0. The second-order valence-electron chi connectivity index (χ2n) is 5.26. The Morgan fingerprint density at radius 2 is 1.22 bits per heavy atom. The smallest absolute Gasteiger partial charge is 0.446 e. The second-order valence-corrected chi connectivity index (χ2v) is 5.26. The molecule has 0 aromatic carbocycles. The van der Waals surface area contributed by atoms with Gasteiger partial charge >= 0.3 is 19.5 Å². The van der Waals surface area contributed by atoms with Crippen LogP contribution in [0.4, 0.5) is 0 Å². The van der Waals surface area contributed by atoms with Crippen molar-refractivity contribution in [2.24, 2.45) is 0 Å².